The third-order valence-corrected chi connectivity index (χ3v) is 1.82. The van der Waals surface area contributed by atoms with E-state index in [1.165, 1.54) is 0 Å². The average Bonchev–Trinajstić information content (AvgIpc) is 2.13. The molecule has 0 unspecified atom stereocenters. The van der Waals surface area contributed by atoms with Gasteiger partial charge in [-0.15, -0.1) is 0 Å². The zero-order chi connectivity index (χ0) is 7.40. The minimum absolute atomic E-state index is 0.0810. The van der Waals surface area contributed by atoms with Gasteiger partial charge in [-0.1, -0.05) is 18.9 Å². The number of rotatable bonds is 1. The van der Waals surface area contributed by atoms with E-state index >= 15 is 0 Å². The standard InChI is InChI=1S/C7H13N2O/c1-8-6-4-2-3-5-9-7(6)10/h6H,2-5H2,1H3,(H,9,10)/q-1/t6-/m1/s1. The van der Waals surface area contributed by atoms with E-state index in [2.05, 4.69) is 10.6 Å². The number of amides is 1. The van der Waals surface area contributed by atoms with Crippen LogP contribution in [0.5, 0.6) is 0 Å². The number of nitrogens with zero attached hydrogens (tertiary/aromatic N) is 1. The summed E-state index contributed by atoms with van der Waals surface area (Å²) in [4.78, 5) is 11.0. The molecule has 1 aliphatic heterocycles. The van der Waals surface area contributed by atoms with Gasteiger partial charge in [0.05, 0.1) is 0 Å². The van der Waals surface area contributed by atoms with Gasteiger partial charge in [0.25, 0.3) is 0 Å². The van der Waals surface area contributed by atoms with Crippen molar-refractivity contribution in [3.8, 4) is 0 Å². The highest BCUT2D eigenvalue weighted by molar-refractivity contribution is 5.84. The zero-order valence-corrected chi connectivity index (χ0v) is 6.26. The van der Waals surface area contributed by atoms with Crippen LogP contribution in [-0.4, -0.2) is 25.5 Å². The number of hydrogen-bond donors (Lipinski definition) is 1. The summed E-state index contributed by atoms with van der Waals surface area (Å²) in [6.45, 7) is 0.824. The first-order chi connectivity index (χ1) is 4.84. The van der Waals surface area contributed by atoms with Gasteiger partial charge in [0.15, 0.2) is 0 Å². The van der Waals surface area contributed by atoms with Crippen LogP contribution < -0.4 is 5.32 Å². The van der Waals surface area contributed by atoms with E-state index in [1.807, 2.05) is 0 Å². The largest absolute Gasteiger partial charge is 0.654 e. The van der Waals surface area contributed by atoms with Crippen molar-refractivity contribution in [2.45, 2.75) is 25.3 Å². The molecule has 1 aliphatic rings. The zero-order valence-electron chi connectivity index (χ0n) is 6.26. The maximum absolute atomic E-state index is 11.0. The molecule has 1 heterocycles. The first kappa shape index (κ1) is 7.54. The Bertz CT molecular complexity index is 125. The Hall–Kier alpha value is -0.570. The van der Waals surface area contributed by atoms with Crippen molar-refractivity contribution in [1.82, 2.24) is 5.32 Å². The molecule has 1 atom stereocenters. The Labute approximate surface area is 61.2 Å². The lowest BCUT2D eigenvalue weighted by molar-refractivity contribution is -0.121. The van der Waals surface area contributed by atoms with Gasteiger partial charge in [-0.25, -0.2) is 0 Å². The van der Waals surface area contributed by atoms with Gasteiger partial charge in [-0.3, -0.25) is 4.79 Å². The van der Waals surface area contributed by atoms with E-state index in [0.717, 1.165) is 25.8 Å². The van der Waals surface area contributed by atoms with Crippen LogP contribution in [0.2, 0.25) is 0 Å². The molecule has 0 aliphatic carbocycles. The average molecular weight is 141 g/mol. The van der Waals surface area contributed by atoms with Gasteiger partial charge in [0.1, 0.15) is 0 Å². The summed E-state index contributed by atoms with van der Waals surface area (Å²) < 4.78 is 0. The molecule has 1 rings (SSSR count). The monoisotopic (exact) mass is 141 g/mol. The highest BCUT2D eigenvalue weighted by Gasteiger charge is 2.10. The maximum Gasteiger partial charge on any atom is 0.202 e. The maximum atomic E-state index is 11.0. The Kier molecular flexibility index (Phi) is 2.68. The Morgan fingerprint density at radius 2 is 2.40 bits per heavy atom. The quantitative estimate of drug-likeness (QED) is 0.572. The summed E-state index contributed by atoms with van der Waals surface area (Å²) in [7, 11) is 1.70. The molecule has 10 heavy (non-hydrogen) atoms. The molecular weight excluding hydrogens is 128 g/mol. The van der Waals surface area contributed by atoms with Crippen molar-refractivity contribution >= 4 is 5.91 Å². The van der Waals surface area contributed by atoms with Crippen molar-refractivity contribution in [3.05, 3.63) is 5.32 Å². The third kappa shape index (κ3) is 1.70. The summed E-state index contributed by atoms with van der Waals surface area (Å²) in [5, 5.41) is 6.79. The van der Waals surface area contributed by atoms with Crippen molar-refractivity contribution < 1.29 is 4.79 Å². The molecule has 0 aromatic rings. The lowest BCUT2D eigenvalue weighted by Gasteiger charge is -2.23. The fourth-order valence-electron chi connectivity index (χ4n) is 1.17. The van der Waals surface area contributed by atoms with Gasteiger partial charge < -0.3 is 10.6 Å². The second-order valence-corrected chi connectivity index (χ2v) is 2.56. The van der Waals surface area contributed by atoms with Gasteiger partial charge in [0, 0.05) is 6.54 Å². The topological polar surface area (TPSA) is 43.2 Å². The molecule has 1 saturated heterocycles. The lowest BCUT2D eigenvalue weighted by atomic mass is 10.1. The van der Waals surface area contributed by atoms with E-state index in [9.17, 15) is 4.79 Å². The molecule has 58 valence electrons. The molecule has 0 spiro atoms. The lowest BCUT2D eigenvalue weighted by Crippen LogP contribution is -2.31. The number of likely N-dealkylation sites (N-methyl/N-ethyl adjacent to an activating group) is 1. The van der Waals surface area contributed by atoms with Gasteiger partial charge in [-0.05, 0) is 6.42 Å². The SMILES string of the molecule is C[N-][C@@H]1CCCCNC1=O. The van der Waals surface area contributed by atoms with E-state index in [0.29, 0.717) is 0 Å². The Balaban J connectivity index is 2.43. The fourth-order valence-corrected chi connectivity index (χ4v) is 1.17. The molecule has 0 radical (unpaired) electrons. The number of carbonyl (C=O) groups excluding carboxylic acids is 1. The summed E-state index contributed by atoms with van der Waals surface area (Å²) in [5.41, 5.74) is 0. The predicted octanol–water partition coefficient (Wildman–Crippen LogP) is 0.659. The highest BCUT2D eigenvalue weighted by atomic mass is 16.2. The van der Waals surface area contributed by atoms with Crippen LogP contribution in [0.15, 0.2) is 0 Å². The summed E-state index contributed by atoms with van der Waals surface area (Å²) in [5.74, 6) is 0.0972. The number of hydrogen-bond acceptors (Lipinski definition) is 1. The van der Waals surface area contributed by atoms with E-state index < -0.39 is 0 Å². The molecule has 0 bridgehead atoms. The van der Waals surface area contributed by atoms with Gasteiger partial charge >= 0.3 is 0 Å². The van der Waals surface area contributed by atoms with Crippen molar-refractivity contribution in [1.29, 1.82) is 0 Å². The molecule has 0 saturated carbocycles. The van der Waals surface area contributed by atoms with E-state index in [4.69, 9.17) is 0 Å². The smallest absolute Gasteiger partial charge is 0.202 e. The van der Waals surface area contributed by atoms with E-state index in [1.54, 1.807) is 7.05 Å². The number of nitrogens with one attached hydrogen (secondary N) is 1. The molecule has 1 fully saturated rings. The van der Waals surface area contributed by atoms with Crippen LogP contribution in [0.1, 0.15) is 19.3 Å². The summed E-state index contributed by atoms with van der Waals surface area (Å²) >= 11 is 0. The summed E-state index contributed by atoms with van der Waals surface area (Å²) in [6, 6.07) is -0.0810. The minimum Gasteiger partial charge on any atom is -0.654 e. The van der Waals surface area contributed by atoms with Crippen LogP contribution in [0.3, 0.4) is 0 Å². The van der Waals surface area contributed by atoms with Crippen LogP contribution in [-0.2, 0) is 4.79 Å². The minimum atomic E-state index is -0.0810. The van der Waals surface area contributed by atoms with Crippen LogP contribution in [0.25, 0.3) is 5.32 Å². The van der Waals surface area contributed by atoms with Crippen molar-refractivity contribution in [2.75, 3.05) is 13.6 Å². The molecule has 0 aromatic carbocycles. The second-order valence-electron chi connectivity index (χ2n) is 2.56. The normalized spacial score (nSPS) is 27.3. The van der Waals surface area contributed by atoms with Crippen LogP contribution in [0.4, 0.5) is 0 Å². The second kappa shape index (κ2) is 3.56. The van der Waals surface area contributed by atoms with E-state index in [-0.39, 0.29) is 11.9 Å². The number of carbonyl (C=O) groups is 1. The van der Waals surface area contributed by atoms with Gasteiger partial charge in [-0.2, -0.15) is 7.05 Å². The molecular formula is C7H13N2O-. The van der Waals surface area contributed by atoms with Gasteiger partial charge in [0.2, 0.25) is 5.91 Å². The van der Waals surface area contributed by atoms with Crippen LogP contribution >= 0.6 is 0 Å². The van der Waals surface area contributed by atoms with Crippen molar-refractivity contribution in [3.63, 3.8) is 0 Å². The molecule has 1 amide bonds. The van der Waals surface area contributed by atoms with Crippen LogP contribution in [0, 0.1) is 0 Å². The predicted molar refractivity (Wildman–Crippen MR) is 39.9 cm³/mol. The molecule has 1 N–H and O–H groups in total. The Morgan fingerprint density at radius 1 is 1.60 bits per heavy atom. The molecule has 3 heteroatoms. The fraction of sp³-hybridized carbons (Fsp3) is 0.857. The van der Waals surface area contributed by atoms with Crippen molar-refractivity contribution in [2.24, 2.45) is 0 Å². The molecule has 0 aromatic heterocycles. The highest BCUT2D eigenvalue weighted by Crippen LogP contribution is 2.10. The first-order valence-electron chi connectivity index (χ1n) is 3.71. The molecule has 3 nitrogen and oxygen atoms in total. The summed E-state index contributed by atoms with van der Waals surface area (Å²) in [6.07, 6.45) is 3.13. The first-order valence-corrected chi connectivity index (χ1v) is 3.71. The Morgan fingerprint density at radius 3 is 3.10 bits per heavy atom. The third-order valence-electron chi connectivity index (χ3n) is 1.82.